The first-order chi connectivity index (χ1) is 6.86. The molecule has 14 heavy (non-hydrogen) atoms. The number of hydrogen-bond donors (Lipinski definition) is 1. The first-order valence-corrected chi connectivity index (χ1v) is 5.44. The van der Waals surface area contributed by atoms with Crippen LogP contribution in [0.1, 0.15) is 17.8 Å². The van der Waals surface area contributed by atoms with Gasteiger partial charge in [-0.3, -0.25) is 4.98 Å². The molecule has 0 aliphatic carbocycles. The van der Waals surface area contributed by atoms with Crippen molar-refractivity contribution in [1.29, 1.82) is 0 Å². The SMILES string of the molecule is CC(Nc1ccncc1)c1cccs1. The number of nitrogens with zero attached hydrogens (tertiary/aromatic N) is 1. The largest absolute Gasteiger partial charge is 0.378 e. The van der Waals surface area contributed by atoms with Gasteiger partial charge in [0.05, 0.1) is 6.04 Å². The monoisotopic (exact) mass is 204 g/mol. The van der Waals surface area contributed by atoms with E-state index in [4.69, 9.17) is 0 Å². The fourth-order valence-corrected chi connectivity index (χ4v) is 2.04. The summed E-state index contributed by atoms with van der Waals surface area (Å²) in [5.74, 6) is 0. The van der Waals surface area contributed by atoms with Crippen molar-refractivity contribution in [3.63, 3.8) is 0 Å². The van der Waals surface area contributed by atoms with Crippen LogP contribution in [0.4, 0.5) is 5.69 Å². The molecule has 72 valence electrons. The van der Waals surface area contributed by atoms with Crippen LogP contribution in [0.25, 0.3) is 0 Å². The summed E-state index contributed by atoms with van der Waals surface area (Å²) in [5, 5.41) is 5.51. The molecule has 1 N–H and O–H groups in total. The van der Waals surface area contributed by atoms with Gasteiger partial charge in [-0.1, -0.05) is 6.07 Å². The van der Waals surface area contributed by atoms with Crippen LogP contribution >= 0.6 is 11.3 Å². The summed E-state index contributed by atoms with van der Waals surface area (Å²) < 4.78 is 0. The van der Waals surface area contributed by atoms with E-state index in [0.717, 1.165) is 5.69 Å². The lowest BCUT2D eigenvalue weighted by Gasteiger charge is -2.12. The Morgan fingerprint density at radius 2 is 2.07 bits per heavy atom. The van der Waals surface area contributed by atoms with Crippen LogP contribution in [0.15, 0.2) is 42.0 Å². The third kappa shape index (κ3) is 2.12. The van der Waals surface area contributed by atoms with Crippen LogP contribution in [0.3, 0.4) is 0 Å². The highest BCUT2D eigenvalue weighted by atomic mass is 32.1. The minimum absolute atomic E-state index is 0.359. The van der Waals surface area contributed by atoms with E-state index >= 15 is 0 Å². The summed E-state index contributed by atoms with van der Waals surface area (Å²) in [4.78, 5) is 5.33. The molecule has 2 rings (SSSR count). The summed E-state index contributed by atoms with van der Waals surface area (Å²) in [5.41, 5.74) is 1.11. The maximum Gasteiger partial charge on any atom is 0.0578 e. The fraction of sp³-hybridized carbons (Fsp3) is 0.182. The maximum atomic E-state index is 3.98. The molecule has 0 aliphatic rings. The van der Waals surface area contributed by atoms with Gasteiger partial charge in [0.25, 0.3) is 0 Å². The van der Waals surface area contributed by atoms with Gasteiger partial charge in [-0.2, -0.15) is 0 Å². The molecule has 0 fully saturated rings. The Bertz CT molecular complexity index is 369. The second-order valence-electron chi connectivity index (χ2n) is 3.12. The third-order valence-electron chi connectivity index (χ3n) is 2.03. The molecule has 2 heterocycles. The average Bonchev–Trinajstić information content (AvgIpc) is 2.72. The number of thiophene rings is 1. The van der Waals surface area contributed by atoms with Gasteiger partial charge < -0.3 is 5.32 Å². The number of aromatic nitrogens is 1. The molecular formula is C11H12N2S. The molecule has 0 saturated carbocycles. The Kier molecular flexibility index (Phi) is 2.79. The molecule has 1 atom stereocenters. The highest BCUT2D eigenvalue weighted by molar-refractivity contribution is 7.10. The van der Waals surface area contributed by atoms with Gasteiger partial charge in [0.2, 0.25) is 0 Å². The van der Waals surface area contributed by atoms with E-state index in [-0.39, 0.29) is 0 Å². The fourth-order valence-electron chi connectivity index (χ4n) is 1.31. The Balaban J connectivity index is 2.06. The lowest BCUT2D eigenvalue weighted by atomic mass is 10.2. The Hall–Kier alpha value is -1.35. The number of anilines is 1. The molecule has 0 bridgehead atoms. The molecule has 2 aromatic heterocycles. The van der Waals surface area contributed by atoms with Gasteiger partial charge in [-0.25, -0.2) is 0 Å². The first-order valence-electron chi connectivity index (χ1n) is 4.56. The van der Waals surface area contributed by atoms with E-state index < -0.39 is 0 Å². The van der Waals surface area contributed by atoms with Crippen LogP contribution in [0.2, 0.25) is 0 Å². The molecular weight excluding hydrogens is 192 g/mol. The Morgan fingerprint density at radius 3 is 2.71 bits per heavy atom. The number of pyridine rings is 1. The van der Waals surface area contributed by atoms with Crippen molar-refractivity contribution >= 4 is 17.0 Å². The molecule has 0 radical (unpaired) electrons. The average molecular weight is 204 g/mol. The molecule has 1 unspecified atom stereocenters. The van der Waals surface area contributed by atoms with Crippen molar-refractivity contribution in [1.82, 2.24) is 4.98 Å². The summed E-state index contributed by atoms with van der Waals surface area (Å²) >= 11 is 1.77. The van der Waals surface area contributed by atoms with Crippen molar-refractivity contribution in [3.8, 4) is 0 Å². The quantitative estimate of drug-likeness (QED) is 0.829. The molecule has 0 saturated heterocycles. The molecule has 2 aromatic rings. The van der Waals surface area contributed by atoms with Crippen LogP contribution in [0.5, 0.6) is 0 Å². The van der Waals surface area contributed by atoms with E-state index in [1.807, 2.05) is 12.1 Å². The van der Waals surface area contributed by atoms with Crippen LogP contribution < -0.4 is 5.32 Å². The molecule has 0 spiro atoms. The zero-order valence-electron chi connectivity index (χ0n) is 7.97. The van der Waals surface area contributed by atoms with E-state index in [1.54, 1.807) is 23.7 Å². The summed E-state index contributed by atoms with van der Waals surface area (Å²) in [7, 11) is 0. The predicted octanol–water partition coefficient (Wildman–Crippen LogP) is 3.32. The maximum absolute atomic E-state index is 3.98. The zero-order valence-corrected chi connectivity index (χ0v) is 8.79. The second-order valence-corrected chi connectivity index (χ2v) is 4.10. The summed E-state index contributed by atoms with van der Waals surface area (Å²) in [6, 6.07) is 8.53. The number of hydrogen-bond acceptors (Lipinski definition) is 3. The topological polar surface area (TPSA) is 24.9 Å². The van der Waals surface area contributed by atoms with Crippen molar-refractivity contribution < 1.29 is 0 Å². The lowest BCUT2D eigenvalue weighted by Crippen LogP contribution is -2.04. The highest BCUT2D eigenvalue weighted by Gasteiger charge is 2.04. The van der Waals surface area contributed by atoms with Gasteiger partial charge in [0.1, 0.15) is 0 Å². The molecule has 0 amide bonds. The van der Waals surface area contributed by atoms with Crippen molar-refractivity contribution in [2.45, 2.75) is 13.0 Å². The molecule has 0 aromatic carbocycles. The Morgan fingerprint density at radius 1 is 1.29 bits per heavy atom. The van der Waals surface area contributed by atoms with E-state index in [9.17, 15) is 0 Å². The van der Waals surface area contributed by atoms with Crippen molar-refractivity contribution in [2.75, 3.05) is 5.32 Å². The van der Waals surface area contributed by atoms with E-state index in [0.29, 0.717) is 6.04 Å². The van der Waals surface area contributed by atoms with Gasteiger partial charge in [0, 0.05) is 23.0 Å². The highest BCUT2D eigenvalue weighted by Crippen LogP contribution is 2.22. The summed E-state index contributed by atoms with van der Waals surface area (Å²) in [6.45, 7) is 2.16. The molecule has 0 aliphatic heterocycles. The van der Waals surface area contributed by atoms with Crippen molar-refractivity contribution in [2.24, 2.45) is 0 Å². The summed E-state index contributed by atoms with van der Waals surface area (Å²) in [6.07, 6.45) is 3.59. The smallest absolute Gasteiger partial charge is 0.0578 e. The lowest BCUT2D eigenvalue weighted by molar-refractivity contribution is 0.907. The molecule has 3 heteroatoms. The van der Waals surface area contributed by atoms with E-state index in [1.165, 1.54) is 4.88 Å². The first kappa shape index (κ1) is 9.21. The van der Waals surface area contributed by atoms with Gasteiger partial charge in [-0.05, 0) is 30.5 Å². The van der Waals surface area contributed by atoms with Crippen LogP contribution in [-0.2, 0) is 0 Å². The van der Waals surface area contributed by atoms with E-state index in [2.05, 4.69) is 34.7 Å². The zero-order chi connectivity index (χ0) is 9.80. The minimum atomic E-state index is 0.359. The van der Waals surface area contributed by atoms with Gasteiger partial charge >= 0.3 is 0 Å². The number of rotatable bonds is 3. The molecule has 2 nitrogen and oxygen atoms in total. The predicted molar refractivity (Wildman–Crippen MR) is 60.6 cm³/mol. The van der Waals surface area contributed by atoms with Gasteiger partial charge in [-0.15, -0.1) is 11.3 Å². The Labute approximate surface area is 87.6 Å². The second kappa shape index (κ2) is 4.24. The van der Waals surface area contributed by atoms with Gasteiger partial charge in [0.15, 0.2) is 0 Å². The number of nitrogens with one attached hydrogen (secondary N) is 1. The van der Waals surface area contributed by atoms with Crippen molar-refractivity contribution in [3.05, 3.63) is 46.9 Å². The third-order valence-corrected chi connectivity index (χ3v) is 3.09. The van der Waals surface area contributed by atoms with Crippen LogP contribution in [0, 0.1) is 0 Å². The normalized spacial score (nSPS) is 12.4. The van der Waals surface area contributed by atoms with Crippen LogP contribution in [-0.4, -0.2) is 4.98 Å². The standard InChI is InChI=1S/C11H12N2S/c1-9(11-3-2-8-14-11)13-10-4-6-12-7-5-10/h2-9H,1H3,(H,12,13). The minimum Gasteiger partial charge on any atom is -0.378 e.